The Morgan fingerprint density at radius 2 is 2.15 bits per heavy atom. The van der Waals surface area contributed by atoms with Crippen LogP contribution < -0.4 is 5.73 Å². The molecule has 0 radical (unpaired) electrons. The van der Waals surface area contributed by atoms with E-state index < -0.39 is 0 Å². The molecule has 13 heavy (non-hydrogen) atoms. The van der Waals surface area contributed by atoms with E-state index in [4.69, 9.17) is 5.73 Å². The number of halogens is 1. The Bertz CT molecular complexity index is 263. The second kappa shape index (κ2) is 5.68. The molecular formula is C10H14BrNS. The zero-order chi connectivity index (χ0) is 9.68. The van der Waals surface area contributed by atoms with Crippen molar-refractivity contribution in [2.75, 3.05) is 5.75 Å². The van der Waals surface area contributed by atoms with Crippen LogP contribution in [0.1, 0.15) is 12.5 Å². The van der Waals surface area contributed by atoms with E-state index in [1.54, 1.807) is 0 Å². The molecule has 1 aromatic rings. The maximum Gasteiger partial charge on any atom is 0.0215 e. The SMILES string of the molecule is CC(N)CSCc1ccccc1Br. The molecule has 0 heterocycles. The third kappa shape index (κ3) is 4.16. The van der Waals surface area contributed by atoms with E-state index in [1.165, 1.54) is 10.0 Å². The molecule has 0 spiro atoms. The average molecular weight is 260 g/mol. The normalized spacial score (nSPS) is 12.8. The summed E-state index contributed by atoms with van der Waals surface area (Å²) < 4.78 is 1.19. The van der Waals surface area contributed by atoms with Crippen molar-refractivity contribution in [2.24, 2.45) is 5.73 Å². The van der Waals surface area contributed by atoms with E-state index in [1.807, 2.05) is 24.8 Å². The highest BCUT2D eigenvalue weighted by molar-refractivity contribution is 9.10. The molecule has 0 fully saturated rings. The van der Waals surface area contributed by atoms with Gasteiger partial charge in [-0.3, -0.25) is 0 Å². The van der Waals surface area contributed by atoms with E-state index in [0.717, 1.165) is 11.5 Å². The van der Waals surface area contributed by atoms with Gasteiger partial charge in [-0.25, -0.2) is 0 Å². The van der Waals surface area contributed by atoms with Crippen molar-refractivity contribution >= 4 is 27.7 Å². The molecule has 1 unspecified atom stereocenters. The van der Waals surface area contributed by atoms with Gasteiger partial charge in [0.25, 0.3) is 0 Å². The van der Waals surface area contributed by atoms with Crippen LogP contribution in [-0.4, -0.2) is 11.8 Å². The number of nitrogens with two attached hydrogens (primary N) is 1. The molecule has 1 nitrogen and oxygen atoms in total. The fourth-order valence-corrected chi connectivity index (χ4v) is 2.54. The molecule has 0 saturated heterocycles. The lowest BCUT2D eigenvalue weighted by molar-refractivity contribution is 0.847. The van der Waals surface area contributed by atoms with Crippen molar-refractivity contribution in [2.45, 2.75) is 18.7 Å². The predicted octanol–water partition coefficient (Wildman–Crippen LogP) is 3.03. The van der Waals surface area contributed by atoms with Gasteiger partial charge in [-0.05, 0) is 18.6 Å². The largest absolute Gasteiger partial charge is 0.327 e. The van der Waals surface area contributed by atoms with Gasteiger partial charge in [0.2, 0.25) is 0 Å². The van der Waals surface area contributed by atoms with Gasteiger partial charge in [-0.15, -0.1) is 0 Å². The summed E-state index contributed by atoms with van der Waals surface area (Å²) in [4.78, 5) is 0. The number of hydrogen-bond donors (Lipinski definition) is 1. The summed E-state index contributed by atoms with van der Waals surface area (Å²) in [7, 11) is 0. The Morgan fingerprint density at radius 3 is 2.77 bits per heavy atom. The van der Waals surface area contributed by atoms with Crippen molar-refractivity contribution in [1.82, 2.24) is 0 Å². The van der Waals surface area contributed by atoms with Crippen molar-refractivity contribution in [3.8, 4) is 0 Å². The molecule has 0 aromatic heterocycles. The van der Waals surface area contributed by atoms with Gasteiger partial charge < -0.3 is 5.73 Å². The van der Waals surface area contributed by atoms with Crippen LogP contribution in [-0.2, 0) is 5.75 Å². The molecule has 0 aliphatic heterocycles. The summed E-state index contributed by atoms with van der Waals surface area (Å²) >= 11 is 5.39. The van der Waals surface area contributed by atoms with Crippen LogP contribution in [0.3, 0.4) is 0 Å². The van der Waals surface area contributed by atoms with Crippen molar-refractivity contribution < 1.29 is 0 Å². The van der Waals surface area contributed by atoms with Crippen LogP contribution in [0.2, 0.25) is 0 Å². The summed E-state index contributed by atoms with van der Waals surface area (Å²) in [5.74, 6) is 2.05. The van der Waals surface area contributed by atoms with E-state index >= 15 is 0 Å². The van der Waals surface area contributed by atoms with Crippen LogP contribution in [0.25, 0.3) is 0 Å². The third-order valence-corrected chi connectivity index (χ3v) is 3.65. The molecule has 0 saturated carbocycles. The van der Waals surface area contributed by atoms with Gasteiger partial charge in [0, 0.05) is 22.0 Å². The summed E-state index contributed by atoms with van der Waals surface area (Å²) in [6.45, 7) is 2.03. The van der Waals surface area contributed by atoms with Crippen molar-refractivity contribution in [3.05, 3.63) is 34.3 Å². The molecular weight excluding hydrogens is 246 g/mol. The van der Waals surface area contributed by atoms with Gasteiger partial charge in [-0.1, -0.05) is 34.1 Å². The summed E-state index contributed by atoms with van der Waals surface area (Å²) in [5.41, 5.74) is 7.00. The fourth-order valence-electron chi connectivity index (χ4n) is 0.970. The van der Waals surface area contributed by atoms with Gasteiger partial charge in [0.1, 0.15) is 0 Å². The minimum Gasteiger partial charge on any atom is -0.327 e. The Morgan fingerprint density at radius 1 is 1.46 bits per heavy atom. The Hall–Kier alpha value is 0.01000. The second-order valence-corrected chi connectivity index (χ2v) is 4.97. The fraction of sp³-hybridized carbons (Fsp3) is 0.400. The Kier molecular flexibility index (Phi) is 4.84. The van der Waals surface area contributed by atoms with Crippen LogP contribution in [0.5, 0.6) is 0 Å². The van der Waals surface area contributed by atoms with Crippen molar-refractivity contribution in [3.63, 3.8) is 0 Å². The van der Waals surface area contributed by atoms with Crippen molar-refractivity contribution in [1.29, 1.82) is 0 Å². The molecule has 3 heteroatoms. The molecule has 0 aliphatic carbocycles. The zero-order valence-corrected chi connectivity index (χ0v) is 10.1. The number of benzene rings is 1. The first kappa shape index (κ1) is 11.1. The summed E-state index contributed by atoms with van der Waals surface area (Å²) in [6.07, 6.45) is 0. The minimum absolute atomic E-state index is 0.285. The maximum atomic E-state index is 5.66. The van der Waals surface area contributed by atoms with Gasteiger partial charge in [0.05, 0.1) is 0 Å². The second-order valence-electron chi connectivity index (χ2n) is 3.08. The number of hydrogen-bond acceptors (Lipinski definition) is 2. The van der Waals surface area contributed by atoms with E-state index in [0.29, 0.717) is 0 Å². The van der Waals surface area contributed by atoms with Gasteiger partial charge in [-0.2, -0.15) is 11.8 Å². The highest BCUT2D eigenvalue weighted by Crippen LogP contribution is 2.21. The van der Waals surface area contributed by atoms with Crippen LogP contribution >= 0.6 is 27.7 Å². The standard InChI is InChI=1S/C10H14BrNS/c1-8(12)6-13-7-9-4-2-3-5-10(9)11/h2-5,8H,6-7,12H2,1H3. The highest BCUT2D eigenvalue weighted by atomic mass is 79.9. The maximum absolute atomic E-state index is 5.66. The minimum atomic E-state index is 0.285. The first-order valence-electron chi connectivity index (χ1n) is 4.27. The smallest absolute Gasteiger partial charge is 0.0215 e. The van der Waals surface area contributed by atoms with Crippen LogP contribution in [0.4, 0.5) is 0 Å². The highest BCUT2D eigenvalue weighted by Gasteiger charge is 1.99. The topological polar surface area (TPSA) is 26.0 Å². The Labute approximate surface area is 92.2 Å². The van der Waals surface area contributed by atoms with Crippen LogP contribution in [0.15, 0.2) is 28.7 Å². The molecule has 1 rings (SSSR count). The molecule has 0 bridgehead atoms. The lowest BCUT2D eigenvalue weighted by Crippen LogP contribution is -2.17. The van der Waals surface area contributed by atoms with Gasteiger partial charge >= 0.3 is 0 Å². The molecule has 2 N–H and O–H groups in total. The lowest BCUT2D eigenvalue weighted by atomic mass is 10.2. The van der Waals surface area contributed by atoms with E-state index in [2.05, 4.69) is 34.1 Å². The first-order valence-corrected chi connectivity index (χ1v) is 6.21. The van der Waals surface area contributed by atoms with Gasteiger partial charge in [0.15, 0.2) is 0 Å². The first-order chi connectivity index (χ1) is 6.20. The van der Waals surface area contributed by atoms with E-state index in [-0.39, 0.29) is 6.04 Å². The number of rotatable bonds is 4. The molecule has 0 aliphatic rings. The van der Waals surface area contributed by atoms with Crippen LogP contribution in [0, 0.1) is 0 Å². The lowest BCUT2D eigenvalue weighted by Gasteiger charge is -2.06. The molecule has 72 valence electrons. The molecule has 1 atom stereocenters. The Balaban J connectivity index is 2.41. The zero-order valence-electron chi connectivity index (χ0n) is 7.66. The predicted molar refractivity (Wildman–Crippen MR) is 64.0 cm³/mol. The molecule has 1 aromatic carbocycles. The number of thioether (sulfide) groups is 1. The average Bonchev–Trinajstić information content (AvgIpc) is 2.08. The van der Waals surface area contributed by atoms with E-state index in [9.17, 15) is 0 Å². The molecule has 0 amide bonds. The third-order valence-electron chi connectivity index (χ3n) is 1.60. The quantitative estimate of drug-likeness (QED) is 0.900. The summed E-state index contributed by atoms with van der Waals surface area (Å²) in [5, 5.41) is 0. The summed E-state index contributed by atoms with van der Waals surface area (Å²) in [6, 6.07) is 8.59. The monoisotopic (exact) mass is 259 g/mol.